The van der Waals surface area contributed by atoms with Crippen molar-refractivity contribution in [2.75, 3.05) is 5.32 Å². The van der Waals surface area contributed by atoms with Gasteiger partial charge in [0.25, 0.3) is 5.91 Å². The second-order valence-corrected chi connectivity index (χ2v) is 10.1. The molecule has 8 nitrogen and oxygen atoms in total. The summed E-state index contributed by atoms with van der Waals surface area (Å²) >= 11 is 0. The van der Waals surface area contributed by atoms with Gasteiger partial charge in [0.05, 0.1) is 6.54 Å². The SMILES string of the molecule is C=C(C)Cn1nccc1C(=O)NC(C(=O)Nc1ccc(C(C(C)=N)C(C)N)cc1)C1CCC(F)(F)CC1. The summed E-state index contributed by atoms with van der Waals surface area (Å²) < 4.78 is 29.2. The number of benzene rings is 1. The predicted octanol–water partition coefficient (Wildman–Crippen LogP) is 4.49. The summed E-state index contributed by atoms with van der Waals surface area (Å²) in [4.78, 5) is 26.5. The van der Waals surface area contributed by atoms with Crippen molar-refractivity contribution in [2.45, 2.75) is 76.9 Å². The van der Waals surface area contributed by atoms with E-state index in [4.69, 9.17) is 11.1 Å². The summed E-state index contributed by atoms with van der Waals surface area (Å²) in [6.07, 6.45) is 1.05. The summed E-state index contributed by atoms with van der Waals surface area (Å²) in [5.41, 5.74) is 8.88. The molecule has 1 aromatic heterocycles. The van der Waals surface area contributed by atoms with Gasteiger partial charge in [-0.25, -0.2) is 8.78 Å². The minimum absolute atomic E-state index is 0.115. The molecule has 200 valence electrons. The van der Waals surface area contributed by atoms with Gasteiger partial charge in [0.1, 0.15) is 11.7 Å². The maximum Gasteiger partial charge on any atom is 0.270 e. The average molecular weight is 515 g/mol. The molecule has 2 amide bonds. The highest BCUT2D eigenvalue weighted by molar-refractivity contribution is 6.00. The normalized spacial score (nSPS) is 17.9. The molecule has 0 radical (unpaired) electrons. The standard InChI is InChI=1S/C27H36F2N6O2/c1-16(2)15-35-22(11-14-32-35)25(36)34-24(20-9-12-27(28,29)13-10-20)26(37)33-21-7-5-19(6-8-21)23(17(3)30)18(4)31/h5-8,11,14,17,20,23-24,31H,1,9-10,12-13,15,30H2,2-4H3,(H,33,37)(H,34,36). The van der Waals surface area contributed by atoms with E-state index in [9.17, 15) is 18.4 Å². The molecule has 2 aromatic rings. The Labute approximate surface area is 216 Å². The smallest absolute Gasteiger partial charge is 0.270 e. The van der Waals surface area contributed by atoms with Crippen LogP contribution >= 0.6 is 0 Å². The van der Waals surface area contributed by atoms with Gasteiger partial charge in [-0.3, -0.25) is 14.3 Å². The minimum Gasteiger partial charge on any atom is -0.339 e. The molecule has 1 aromatic carbocycles. The number of rotatable bonds is 10. The monoisotopic (exact) mass is 514 g/mol. The van der Waals surface area contributed by atoms with Crippen molar-refractivity contribution in [3.63, 3.8) is 0 Å². The molecular formula is C27H36F2N6O2. The number of aromatic nitrogens is 2. The Morgan fingerprint density at radius 1 is 1.22 bits per heavy atom. The fourth-order valence-corrected chi connectivity index (χ4v) is 4.86. The number of amides is 2. The Bertz CT molecular complexity index is 1130. The maximum atomic E-state index is 13.8. The van der Waals surface area contributed by atoms with Gasteiger partial charge in [0.15, 0.2) is 0 Å². The number of nitrogens with two attached hydrogens (primary N) is 1. The molecule has 1 aliphatic carbocycles. The van der Waals surface area contributed by atoms with Crippen LogP contribution in [0.4, 0.5) is 14.5 Å². The first-order valence-corrected chi connectivity index (χ1v) is 12.4. The average Bonchev–Trinajstić information content (AvgIpc) is 3.26. The molecule has 3 atom stereocenters. The fraction of sp³-hybridized carbons (Fsp3) is 0.481. The van der Waals surface area contributed by atoms with Crippen LogP contribution in [-0.4, -0.2) is 45.3 Å². The van der Waals surface area contributed by atoms with Crippen molar-refractivity contribution in [2.24, 2.45) is 11.7 Å². The van der Waals surface area contributed by atoms with E-state index in [0.717, 1.165) is 11.1 Å². The van der Waals surface area contributed by atoms with Crippen molar-refractivity contribution in [1.82, 2.24) is 15.1 Å². The molecule has 1 aliphatic rings. The van der Waals surface area contributed by atoms with E-state index in [-0.39, 0.29) is 43.3 Å². The lowest BCUT2D eigenvalue weighted by Gasteiger charge is -2.33. The van der Waals surface area contributed by atoms with E-state index < -0.39 is 29.7 Å². The molecule has 1 heterocycles. The molecule has 5 N–H and O–H groups in total. The van der Waals surface area contributed by atoms with Crippen molar-refractivity contribution >= 4 is 23.2 Å². The number of halogens is 2. The number of nitrogens with one attached hydrogen (secondary N) is 3. The van der Waals surface area contributed by atoms with Crippen LogP contribution < -0.4 is 16.4 Å². The zero-order chi connectivity index (χ0) is 27.3. The fourth-order valence-electron chi connectivity index (χ4n) is 4.86. The highest BCUT2D eigenvalue weighted by atomic mass is 19.3. The van der Waals surface area contributed by atoms with E-state index in [1.165, 1.54) is 10.9 Å². The second-order valence-electron chi connectivity index (χ2n) is 10.1. The van der Waals surface area contributed by atoms with Crippen molar-refractivity contribution in [3.8, 4) is 0 Å². The Balaban J connectivity index is 1.80. The van der Waals surface area contributed by atoms with Crippen LogP contribution in [0.1, 0.15) is 68.4 Å². The lowest BCUT2D eigenvalue weighted by molar-refractivity contribution is -0.121. The third-order valence-corrected chi connectivity index (χ3v) is 6.70. The summed E-state index contributed by atoms with van der Waals surface area (Å²) in [7, 11) is 0. The Hall–Kier alpha value is -3.40. The van der Waals surface area contributed by atoms with Crippen molar-refractivity contribution < 1.29 is 18.4 Å². The molecule has 10 heteroatoms. The highest BCUT2D eigenvalue weighted by Crippen LogP contribution is 2.37. The molecule has 0 spiro atoms. The summed E-state index contributed by atoms with van der Waals surface area (Å²) in [6, 6.07) is 7.31. The lowest BCUT2D eigenvalue weighted by Crippen LogP contribution is -2.50. The van der Waals surface area contributed by atoms with Crippen LogP contribution in [0.2, 0.25) is 0 Å². The van der Waals surface area contributed by atoms with E-state index in [0.29, 0.717) is 17.9 Å². The Morgan fingerprint density at radius 3 is 2.38 bits per heavy atom. The summed E-state index contributed by atoms with van der Waals surface area (Å²) in [5, 5.41) is 17.8. The second kappa shape index (κ2) is 11.8. The molecule has 1 fully saturated rings. The number of carbonyl (C=O) groups is 2. The number of hydrogen-bond donors (Lipinski definition) is 4. The number of anilines is 1. The first-order chi connectivity index (χ1) is 17.4. The summed E-state index contributed by atoms with van der Waals surface area (Å²) in [5.74, 6) is -4.43. The topological polar surface area (TPSA) is 126 Å². The van der Waals surface area contributed by atoms with E-state index >= 15 is 0 Å². The van der Waals surface area contributed by atoms with Gasteiger partial charge in [-0.2, -0.15) is 5.10 Å². The molecule has 0 bridgehead atoms. The Morgan fingerprint density at radius 2 is 1.84 bits per heavy atom. The van der Waals surface area contributed by atoms with E-state index in [1.807, 2.05) is 13.8 Å². The largest absolute Gasteiger partial charge is 0.339 e. The Kier molecular flexibility index (Phi) is 8.96. The van der Waals surface area contributed by atoms with Crippen molar-refractivity contribution in [3.05, 3.63) is 59.9 Å². The van der Waals surface area contributed by atoms with Gasteiger partial charge in [0.2, 0.25) is 11.8 Å². The van der Waals surface area contributed by atoms with E-state index in [1.54, 1.807) is 37.3 Å². The number of carbonyl (C=O) groups excluding carboxylic acids is 2. The molecule has 37 heavy (non-hydrogen) atoms. The van der Waals surface area contributed by atoms with Crippen LogP contribution in [0.15, 0.2) is 48.7 Å². The van der Waals surface area contributed by atoms with Gasteiger partial charge in [-0.1, -0.05) is 24.3 Å². The zero-order valence-electron chi connectivity index (χ0n) is 21.6. The minimum atomic E-state index is -2.76. The number of hydrogen-bond acceptors (Lipinski definition) is 5. The maximum absolute atomic E-state index is 13.8. The molecular weight excluding hydrogens is 478 g/mol. The number of alkyl halides is 2. The molecule has 3 unspecified atom stereocenters. The molecule has 3 rings (SSSR count). The number of nitrogens with zero attached hydrogens (tertiary/aromatic N) is 2. The van der Waals surface area contributed by atoms with Crippen LogP contribution in [0.5, 0.6) is 0 Å². The van der Waals surface area contributed by atoms with Crippen LogP contribution in [0.25, 0.3) is 0 Å². The van der Waals surface area contributed by atoms with Crippen LogP contribution in [0, 0.1) is 11.3 Å². The first-order valence-electron chi connectivity index (χ1n) is 12.4. The van der Waals surface area contributed by atoms with Gasteiger partial charge < -0.3 is 21.8 Å². The molecule has 0 aliphatic heterocycles. The van der Waals surface area contributed by atoms with Crippen molar-refractivity contribution in [1.29, 1.82) is 5.41 Å². The van der Waals surface area contributed by atoms with Crippen LogP contribution in [-0.2, 0) is 11.3 Å². The zero-order valence-corrected chi connectivity index (χ0v) is 21.6. The number of allylic oxidation sites excluding steroid dienone is 1. The summed E-state index contributed by atoms with van der Waals surface area (Å²) in [6.45, 7) is 9.53. The quantitative estimate of drug-likeness (QED) is 0.275. The molecule has 1 saturated carbocycles. The van der Waals surface area contributed by atoms with Gasteiger partial charge in [0, 0.05) is 42.4 Å². The third-order valence-electron chi connectivity index (χ3n) is 6.70. The van der Waals surface area contributed by atoms with Gasteiger partial charge in [-0.15, -0.1) is 0 Å². The highest BCUT2D eigenvalue weighted by Gasteiger charge is 2.40. The lowest BCUT2D eigenvalue weighted by atomic mass is 9.81. The van der Waals surface area contributed by atoms with Gasteiger partial charge in [-0.05, 0) is 63.3 Å². The predicted molar refractivity (Wildman–Crippen MR) is 140 cm³/mol. The first kappa shape index (κ1) is 28.2. The third kappa shape index (κ3) is 7.31. The van der Waals surface area contributed by atoms with Crippen LogP contribution in [0.3, 0.4) is 0 Å². The molecule has 0 saturated heterocycles. The van der Waals surface area contributed by atoms with Gasteiger partial charge >= 0.3 is 0 Å². The van der Waals surface area contributed by atoms with E-state index in [2.05, 4.69) is 22.3 Å².